The Labute approximate surface area is 105 Å². The number of amides is 1. The summed E-state index contributed by atoms with van der Waals surface area (Å²) in [5, 5.41) is 6.10. The van der Waals surface area contributed by atoms with E-state index in [0.29, 0.717) is 5.92 Å². The van der Waals surface area contributed by atoms with Crippen LogP contribution in [0.4, 0.5) is 4.79 Å². The number of ether oxygens (including phenoxy) is 1. The molecule has 17 heavy (non-hydrogen) atoms. The lowest BCUT2D eigenvalue weighted by molar-refractivity contribution is 0.0956. The second-order valence-corrected chi connectivity index (χ2v) is 5.98. The Hall–Kier alpha value is -0.770. The predicted octanol–water partition coefficient (Wildman–Crippen LogP) is 2.54. The molecular weight excluding hydrogens is 216 g/mol. The number of rotatable bonds is 6. The number of carbonyl (C=O) groups excluding carboxylic acids is 1. The van der Waals surface area contributed by atoms with Crippen molar-refractivity contribution in [2.24, 2.45) is 5.92 Å². The van der Waals surface area contributed by atoms with Gasteiger partial charge in [-0.05, 0) is 53.1 Å². The van der Waals surface area contributed by atoms with E-state index in [9.17, 15) is 4.79 Å². The van der Waals surface area contributed by atoms with Gasteiger partial charge in [0.2, 0.25) is 0 Å². The van der Waals surface area contributed by atoms with Gasteiger partial charge in [0.1, 0.15) is 6.10 Å². The van der Waals surface area contributed by atoms with Gasteiger partial charge < -0.3 is 15.4 Å². The Bertz CT molecular complexity index is 222. The van der Waals surface area contributed by atoms with Gasteiger partial charge in [0, 0.05) is 5.54 Å². The molecule has 1 amide bonds. The fraction of sp³-hybridized carbons (Fsp3) is 0.923. The molecule has 0 heterocycles. The minimum atomic E-state index is -0.339. The molecule has 102 valence electrons. The van der Waals surface area contributed by atoms with E-state index in [0.717, 1.165) is 19.5 Å². The van der Waals surface area contributed by atoms with Crippen LogP contribution in [0, 0.1) is 5.92 Å². The van der Waals surface area contributed by atoms with Crippen LogP contribution in [0.5, 0.6) is 0 Å². The summed E-state index contributed by atoms with van der Waals surface area (Å²) >= 11 is 0. The van der Waals surface area contributed by atoms with E-state index >= 15 is 0 Å². The maximum Gasteiger partial charge on any atom is 0.407 e. The summed E-state index contributed by atoms with van der Waals surface area (Å²) in [5.74, 6) is 0.649. The zero-order chi connectivity index (χ0) is 13.5. The molecule has 4 heteroatoms. The molecular formula is C13H28N2O2. The summed E-state index contributed by atoms with van der Waals surface area (Å²) in [6, 6.07) is 0. The third kappa shape index (κ3) is 11.5. The second-order valence-electron chi connectivity index (χ2n) is 5.98. The average molecular weight is 244 g/mol. The Morgan fingerprint density at radius 2 is 1.82 bits per heavy atom. The van der Waals surface area contributed by atoms with Crippen molar-refractivity contribution in [2.45, 2.75) is 59.6 Å². The van der Waals surface area contributed by atoms with Crippen LogP contribution in [-0.4, -0.2) is 30.8 Å². The van der Waals surface area contributed by atoms with E-state index in [-0.39, 0.29) is 17.7 Å². The third-order valence-electron chi connectivity index (χ3n) is 2.07. The van der Waals surface area contributed by atoms with Gasteiger partial charge in [-0.2, -0.15) is 0 Å². The molecule has 1 atom stereocenters. The highest BCUT2D eigenvalue weighted by atomic mass is 16.6. The molecule has 0 radical (unpaired) electrons. The molecule has 0 rings (SSSR count). The lowest BCUT2D eigenvalue weighted by Crippen LogP contribution is -2.42. The minimum absolute atomic E-state index is 0.0583. The van der Waals surface area contributed by atoms with Gasteiger partial charge in [-0.15, -0.1) is 0 Å². The summed E-state index contributed by atoms with van der Waals surface area (Å²) in [7, 11) is 0. The molecule has 0 aliphatic rings. The molecule has 0 fully saturated rings. The highest BCUT2D eigenvalue weighted by Gasteiger charge is 2.16. The molecule has 0 spiro atoms. The highest BCUT2D eigenvalue weighted by molar-refractivity contribution is 5.68. The summed E-state index contributed by atoms with van der Waals surface area (Å²) in [6.45, 7) is 13.9. The van der Waals surface area contributed by atoms with E-state index in [4.69, 9.17) is 4.74 Å². The van der Waals surface area contributed by atoms with Crippen molar-refractivity contribution in [3.63, 3.8) is 0 Å². The molecule has 0 saturated carbocycles. The standard InChI is InChI=1S/C13H28N2O2/c1-10(2)9-14-8-7-11(3)17-12(16)15-13(4,5)6/h10-11,14H,7-9H2,1-6H3,(H,15,16)/t11-/m1/s1. The van der Waals surface area contributed by atoms with Crippen molar-refractivity contribution in [1.29, 1.82) is 0 Å². The van der Waals surface area contributed by atoms with Gasteiger partial charge in [0.25, 0.3) is 0 Å². The number of alkyl carbamates (subject to hydrolysis) is 1. The largest absolute Gasteiger partial charge is 0.446 e. The summed E-state index contributed by atoms with van der Waals surface area (Å²) < 4.78 is 5.24. The van der Waals surface area contributed by atoms with Crippen molar-refractivity contribution in [3.05, 3.63) is 0 Å². The van der Waals surface area contributed by atoms with E-state index < -0.39 is 0 Å². The zero-order valence-corrected chi connectivity index (χ0v) is 12.1. The molecule has 0 aromatic rings. The molecule has 2 N–H and O–H groups in total. The van der Waals surface area contributed by atoms with Gasteiger partial charge in [-0.1, -0.05) is 13.8 Å². The maximum atomic E-state index is 11.5. The number of carbonyl (C=O) groups is 1. The van der Waals surface area contributed by atoms with Gasteiger partial charge in [0.05, 0.1) is 0 Å². The highest BCUT2D eigenvalue weighted by Crippen LogP contribution is 2.02. The van der Waals surface area contributed by atoms with Crippen LogP contribution in [0.1, 0.15) is 48.0 Å². The zero-order valence-electron chi connectivity index (χ0n) is 12.1. The van der Waals surface area contributed by atoms with Gasteiger partial charge in [0.15, 0.2) is 0 Å². The van der Waals surface area contributed by atoms with Crippen LogP contribution in [0.2, 0.25) is 0 Å². The Morgan fingerprint density at radius 3 is 2.29 bits per heavy atom. The quantitative estimate of drug-likeness (QED) is 0.706. The molecule has 4 nitrogen and oxygen atoms in total. The molecule has 0 saturated heterocycles. The number of nitrogens with one attached hydrogen (secondary N) is 2. The number of hydrogen-bond acceptors (Lipinski definition) is 3. The van der Waals surface area contributed by atoms with Crippen molar-refractivity contribution in [2.75, 3.05) is 13.1 Å². The second kappa shape index (κ2) is 7.54. The van der Waals surface area contributed by atoms with Crippen LogP contribution in [-0.2, 0) is 4.74 Å². The van der Waals surface area contributed by atoms with Crippen LogP contribution in [0.3, 0.4) is 0 Å². The molecule has 0 aromatic heterocycles. The Kier molecular flexibility index (Phi) is 7.19. The normalized spacial score (nSPS) is 13.6. The Morgan fingerprint density at radius 1 is 1.24 bits per heavy atom. The summed E-state index contributed by atoms with van der Waals surface area (Å²) in [4.78, 5) is 11.5. The van der Waals surface area contributed by atoms with Crippen molar-refractivity contribution in [3.8, 4) is 0 Å². The monoisotopic (exact) mass is 244 g/mol. The molecule has 0 aliphatic carbocycles. The molecule has 0 unspecified atom stereocenters. The summed E-state index contributed by atoms with van der Waals surface area (Å²) in [6.07, 6.45) is 0.440. The first kappa shape index (κ1) is 16.2. The van der Waals surface area contributed by atoms with Crippen LogP contribution in [0.25, 0.3) is 0 Å². The lowest BCUT2D eigenvalue weighted by Gasteiger charge is -2.22. The first-order valence-electron chi connectivity index (χ1n) is 6.40. The third-order valence-corrected chi connectivity index (χ3v) is 2.07. The summed E-state index contributed by atoms with van der Waals surface area (Å²) in [5.41, 5.74) is -0.243. The van der Waals surface area contributed by atoms with Crippen LogP contribution < -0.4 is 10.6 Å². The Balaban J connectivity index is 3.64. The predicted molar refractivity (Wildman–Crippen MR) is 71.2 cm³/mol. The average Bonchev–Trinajstić information content (AvgIpc) is 2.08. The van der Waals surface area contributed by atoms with Crippen LogP contribution in [0.15, 0.2) is 0 Å². The van der Waals surface area contributed by atoms with Gasteiger partial charge in [-0.3, -0.25) is 0 Å². The van der Waals surface area contributed by atoms with Crippen molar-refractivity contribution >= 4 is 6.09 Å². The maximum absolute atomic E-state index is 11.5. The molecule has 0 aliphatic heterocycles. The SMILES string of the molecule is CC(C)CNCC[C@@H](C)OC(=O)NC(C)(C)C. The van der Waals surface area contributed by atoms with E-state index in [2.05, 4.69) is 24.5 Å². The van der Waals surface area contributed by atoms with E-state index in [1.165, 1.54) is 0 Å². The fourth-order valence-corrected chi connectivity index (χ4v) is 1.27. The number of hydrogen-bond donors (Lipinski definition) is 2. The first-order chi connectivity index (χ1) is 7.70. The van der Waals surface area contributed by atoms with Gasteiger partial charge in [-0.25, -0.2) is 4.79 Å². The smallest absolute Gasteiger partial charge is 0.407 e. The molecule has 0 aromatic carbocycles. The first-order valence-corrected chi connectivity index (χ1v) is 6.40. The fourth-order valence-electron chi connectivity index (χ4n) is 1.27. The van der Waals surface area contributed by atoms with Crippen molar-refractivity contribution < 1.29 is 9.53 Å². The van der Waals surface area contributed by atoms with Crippen LogP contribution >= 0.6 is 0 Å². The molecule has 0 bridgehead atoms. The van der Waals surface area contributed by atoms with Gasteiger partial charge >= 0.3 is 6.09 Å². The van der Waals surface area contributed by atoms with E-state index in [1.54, 1.807) is 0 Å². The van der Waals surface area contributed by atoms with E-state index in [1.807, 2.05) is 27.7 Å². The lowest BCUT2D eigenvalue weighted by atomic mass is 10.1. The van der Waals surface area contributed by atoms with Crippen molar-refractivity contribution in [1.82, 2.24) is 10.6 Å². The topological polar surface area (TPSA) is 50.4 Å². The minimum Gasteiger partial charge on any atom is -0.446 e.